The maximum Gasteiger partial charge on any atom is 0.214 e. The van der Waals surface area contributed by atoms with E-state index in [1.54, 1.807) is 40.1 Å². The summed E-state index contributed by atoms with van der Waals surface area (Å²) in [6, 6.07) is 6.18. The molecule has 0 N–H and O–H groups in total. The van der Waals surface area contributed by atoms with Gasteiger partial charge in [0, 0.05) is 12.7 Å². The van der Waals surface area contributed by atoms with Crippen LogP contribution in [0.2, 0.25) is 0 Å². The summed E-state index contributed by atoms with van der Waals surface area (Å²) in [4.78, 5) is 18.0. The lowest BCUT2D eigenvalue weighted by molar-refractivity contribution is -0.110. The van der Waals surface area contributed by atoms with Crippen molar-refractivity contribution in [3.63, 3.8) is 0 Å². The highest BCUT2D eigenvalue weighted by molar-refractivity contribution is 5.66. The Morgan fingerprint density at radius 3 is 2.79 bits per heavy atom. The molecule has 1 aromatic carbocycles. The van der Waals surface area contributed by atoms with Crippen molar-refractivity contribution in [3.8, 4) is 17.1 Å². The number of halogens is 1. The Morgan fingerprint density at radius 1 is 1.17 bits per heavy atom. The molecule has 146 valence electrons. The first-order valence-electron chi connectivity index (χ1n) is 9.10. The standard InChI is InChI=1S/C19H16FN7O2/c20-14-3-5-15(6-4-14)27-16-2-1-7-25(17(16)9-23-27)18(11-28)26-10-13(8-22-26)19-21-12-29-24-19/h3-6,8-12,18H,1-2,7H2. The van der Waals surface area contributed by atoms with Crippen LogP contribution in [0.4, 0.5) is 10.1 Å². The minimum atomic E-state index is -0.638. The number of benzene rings is 1. The lowest BCUT2D eigenvalue weighted by Crippen LogP contribution is -2.37. The molecule has 9 nitrogen and oxygen atoms in total. The minimum Gasteiger partial charge on any atom is -0.342 e. The SMILES string of the molecule is O=CC(N1CCCc2c1cnn2-c1ccc(F)cc1)n1cc(-c2ncon2)cn1. The van der Waals surface area contributed by atoms with Gasteiger partial charge in [0.2, 0.25) is 12.2 Å². The van der Waals surface area contributed by atoms with Gasteiger partial charge in [-0.25, -0.2) is 13.8 Å². The van der Waals surface area contributed by atoms with Crippen LogP contribution in [0.5, 0.6) is 0 Å². The van der Waals surface area contributed by atoms with Crippen molar-refractivity contribution in [2.75, 3.05) is 11.4 Å². The molecule has 29 heavy (non-hydrogen) atoms. The molecule has 4 aromatic rings. The Labute approximate surface area is 164 Å². The fraction of sp³-hybridized carbons (Fsp3) is 0.211. The number of anilines is 1. The third kappa shape index (κ3) is 2.98. The summed E-state index contributed by atoms with van der Waals surface area (Å²) in [7, 11) is 0. The summed E-state index contributed by atoms with van der Waals surface area (Å²) in [5.41, 5.74) is 3.26. The van der Waals surface area contributed by atoms with Crippen LogP contribution in [-0.4, -0.2) is 42.5 Å². The molecule has 4 heterocycles. The number of hydrogen-bond donors (Lipinski definition) is 0. The molecule has 1 aliphatic rings. The fourth-order valence-corrected chi connectivity index (χ4v) is 3.63. The molecular formula is C19H16FN7O2. The second-order valence-electron chi connectivity index (χ2n) is 6.68. The van der Waals surface area contributed by atoms with Crippen LogP contribution in [0, 0.1) is 5.82 Å². The van der Waals surface area contributed by atoms with E-state index in [0.29, 0.717) is 17.9 Å². The lowest BCUT2D eigenvalue weighted by Gasteiger charge is -2.33. The molecule has 5 rings (SSSR count). The van der Waals surface area contributed by atoms with Crippen LogP contribution < -0.4 is 4.90 Å². The van der Waals surface area contributed by atoms with Crippen LogP contribution in [0.3, 0.4) is 0 Å². The van der Waals surface area contributed by atoms with Crippen molar-refractivity contribution in [2.45, 2.75) is 19.0 Å². The van der Waals surface area contributed by atoms with E-state index in [4.69, 9.17) is 4.52 Å². The maximum atomic E-state index is 13.3. The van der Waals surface area contributed by atoms with Gasteiger partial charge in [0.05, 0.1) is 35.0 Å². The third-order valence-corrected chi connectivity index (χ3v) is 4.97. The Balaban J connectivity index is 1.49. The van der Waals surface area contributed by atoms with Gasteiger partial charge in [0.15, 0.2) is 12.5 Å². The molecule has 0 radical (unpaired) electrons. The zero-order chi connectivity index (χ0) is 19.8. The van der Waals surface area contributed by atoms with Crippen molar-refractivity contribution in [1.29, 1.82) is 0 Å². The molecule has 10 heteroatoms. The summed E-state index contributed by atoms with van der Waals surface area (Å²) in [5.74, 6) is 0.109. The highest BCUT2D eigenvalue weighted by atomic mass is 19.1. The van der Waals surface area contributed by atoms with E-state index >= 15 is 0 Å². The molecule has 0 amide bonds. The Morgan fingerprint density at radius 2 is 2.03 bits per heavy atom. The highest BCUT2D eigenvalue weighted by Gasteiger charge is 2.29. The molecule has 0 saturated heterocycles. The first-order valence-corrected chi connectivity index (χ1v) is 9.10. The second-order valence-corrected chi connectivity index (χ2v) is 6.68. The normalized spacial score (nSPS) is 14.6. The molecule has 1 atom stereocenters. The molecule has 1 aliphatic heterocycles. The topological polar surface area (TPSA) is 94.9 Å². The highest BCUT2D eigenvalue weighted by Crippen LogP contribution is 2.33. The number of rotatable bonds is 5. The first-order chi connectivity index (χ1) is 14.2. The van der Waals surface area contributed by atoms with E-state index < -0.39 is 6.17 Å². The Bertz CT molecular complexity index is 1130. The van der Waals surface area contributed by atoms with Gasteiger partial charge in [-0.3, -0.25) is 4.79 Å². The molecule has 0 aliphatic carbocycles. The predicted molar refractivity (Wildman–Crippen MR) is 99.8 cm³/mol. The number of hydrogen-bond acceptors (Lipinski definition) is 7. The zero-order valence-electron chi connectivity index (χ0n) is 15.2. The van der Waals surface area contributed by atoms with Gasteiger partial charge in [-0.1, -0.05) is 5.16 Å². The van der Waals surface area contributed by atoms with Crippen molar-refractivity contribution >= 4 is 12.0 Å². The average Bonchev–Trinajstić information content (AvgIpc) is 3.50. The van der Waals surface area contributed by atoms with Crippen LogP contribution in [0.1, 0.15) is 18.3 Å². The van der Waals surface area contributed by atoms with E-state index in [0.717, 1.165) is 36.2 Å². The van der Waals surface area contributed by atoms with Crippen LogP contribution in [0.25, 0.3) is 17.1 Å². The third-order valence-electron chi connectivity index (χ3n) is 4.97. The van der Waals surface area contributed by atoms with Crippen molar-refractivity contribution in [2.24, 2.45) is 0 Å². The summed E-state index contributed by atoms with van der Waals surface area (Å²) in [5, 5.41) is 12.6. The lowest BCUT2D eigenvalue weighted by atomic mass is 10.1. The second kappa shape index (κ2) is 6.97. The Hall–Kier alpha value is -3.82. The summed E-state index contributed by atoms with van der Waals surface area (Å²) in [6.45, 7) is 0.683. The van der Waals surface area contributed by atoms with E-state index in [1.165, 1.54) is 18.5 Å². The van der Waals surface area contributed by atoms with Crippen LogP contribution in [0.15, 0.2) is 53.8 Å². The molecule has 1 unspecified atom stereocenters. The summed E-state index contributed by atoms with van der Waals surface area (Å²) >= 11 is 0. The molecule has 0 fully saturated rings. The summed E-state index contributed by atoms with van der Waals surface area (Å²) < 4.78 is 21.4. The number of carbonyl (C=O) groups is 1. The Kier molecular flexibility index (Phi) is 4.15. The maximum absolute atomic E-state index is 13.3. The van der Waals surface area contributed by atoms with Gasteiger partial charge in [0.25, 0.3) is 0 Å². The number of fused-ring (bicyclic) bond motifs is 1. The van der Waals surface area contributed by atoms with Gasteiger partial charge in [-0.2, -0.15) is 15.2 Å². The molecule has 0 saturated carbocycles. The quantitative estimate of drug-likeness (QED) is 0.481. The fourth-order valence-electron chi connectivity index (χ4n) is 3.63. The van der Waals surface area contributed by atoms with Crippen molar-refractivity contribution < 1.29 is 13.7 Å². The monoisotopic (exact) mass is 393 g/mol. The number of nitrogens with zero attached hydrogens (tertiary/aromatic N) is 7. The predicted octanol–water partition coefficient (Wildman–Crippen LogP) is 2.41. The zero-order valence-corrected chi connectivity index (χ0v) is 15.2. The van der Waals surface area contributed by atoms with Gasteiger partial charge >= 0.3 is 0 Å². The van der Waals surface area contributed by atoms with Gasteiger partial charge < -0.3 is 9.42 Å². The van der Waals surface area contributed by atoms with Crippen LogP contribution in [-0.2, 0) is 11.2 Å². The largest absolute Gasteiger partial charge is 0.342 e. The average molecular weight is 393 g/mol. The van der Waals surface area contributed by atoms with E-state index in [9.17, 15) is 9.18 Å². The van der Waals surface area contributed by atoms with E-state index in [-0.39, 0.29) is 5.82 Å². The van der Waals surface area contributed by atoms with Crippen molar-refractivity contribution in [1.82, 2.24) is 29.7 Å². The first kappa shape index (κ1) is 17.3. The number of carbonyl (C=O) groups excluding carboxylic acids is 1. The summed E-state index contributed by atoms with van der Waals surface area (Å²) in [6.07, 6.45) is 8.14. The number of aromatic nitrogens is 6. The smallest absolute Gasteiger partial charge is 0.214 e. The minimum absolute atomic E-state index is 0.298. The molecule has 0 spiro atoms. The molecular weight excluding hydrogens is 377 g/mol. The van der Waals surface area contributed by atoms with Crippen molar-refractivity contribution in [3.05, 3.63) is 60.8 Å². The molecule has 0 bridgehead atoms. The number of aldehydes is 1. The van der Waals surface area contributed by atoms with Gasteiger partial charge in [0.1, 0.15) is 5.82 Å². The van der Waals surface area contributed by atoms with Crippen LogP contribution >= 0.6 is 0 Å². The van der Waals surface area contributed by atoms with Gasteiger partial charge in [-0.15, -0.1) is 0 Å². The van der Waals surface area contributed by atoms with E-state index in [2.05, 4.69) is 20.3 Å². The molecule has 3 aromatic heterocycles. The van der Waals surface area contributed by atoms with Gasteiger partial charge in [-0.05, 0) is 37.1 Å². The van der Waals surface area contributed by atoms with E-state index in [1.807, 2.05) is 4.90 Å².